The minimum Gasteiger partial charge on any atom is -0.469 e. The van der Waals surface area contributed by atoms with Crippen molar-refractivity contribution in [2.75, 3.05) is 20.3 Å². The first-order valence-corrected chi connectivity index (χ1v) is 6.54. The molecule has 0 amide bonds. The van der Waals surface area contributed by atoms with Crippen LogP contribution in [-0.2, 0) is 9.53 Å². The molecule has 0 bridgehead atoms. The van der Waals surface area contributed by atoms with Crippen molar-refractivity contribution in [3.8, 4) is 0 Å². The fourth-order valence-electron chi connectivity index (χ4n) is 2.39. The van der Waals surface area contributed by atoms with Crippen molar-refractivity contribution in [1.29, 1.82) is 0 Å². The van der Waals surface area contributed by atoms with Crippen molar-refractivity contribution < 1.29 is 14.6 Å². The van der Waals surface area contributed by atoms with Gasteiger partial charge in [-0.05, 0) is 44.6 Å². The lowest BCUT2D eigenvalue weighted by Crippen LogP contribution is -2.51. The second-order valence-electron chi connectivity index (χ2n) is 5.23. The minimum atomic E-state index is -0.165. The SMILES string of the molecule is COC(=O)CCCNC1(CO)CCC(C)CC1. The molecule has 1 fully saturated rings. The molecule has 0 aromatic rings. The van der Waals surface area contributed by atoms with Gasteiger partial charge in [-0.1, -0.05) is 6.92 Å². The zero-order chi connectivity index (χ0) is 12.7. The van der Waals surface area contributed by atoms with Gasteiger partial charge in [-0.25, -0.2) is 0 Å². The van der Waals surface area contributed by atoms with Crippen LogP contribution in [0, 0.1) is 5.92 Å². The maximum Gasteiger partial charge on any atom is 0.305 e. The summed E-state index contributed by atoms with van der Waals surface area (Å²) < 4.78 is 4.59. The predicted molar refractivity (Wildman–Crippen MR) is 66.7 cm³/mol. The standard InChI is InChI=1S/C13H25NO3/c1-11-5-7-13(10-15,8-6-11)14-9-3-4-12(16)17-2/h11,14-15H,3-10H2,1-2H3. The molecular formula is C13H25NO3. The van der Waals surface area contributed by atoms with Crippen molar-refractivity contribution >= 4 is 5.97 Å². The van der Waals surface area contributed by atoms with E-state index in [2.05, 4.69) is 17.0 Å². The lowest BCUT2D eigenvalue weighted by atomic mass is 9.77. The summed E-state index contributed by atoms with van der Waals surface area (Å²) >= 11 is 0. The fourth-order valence-corrected chi connectivity index (χ4v) is 2.39. The third-order valence-corrected chi connectivity index (χ3v) is 3.82. The number of aliphatic hydroxyl groups is 1. The quantitative estimate of drug-likeness (QED) is 0.548. The Morgan fingerprint density at radius 2 is 2.12 bits per heavy atom. The average Bonchev–Trinajstić information content (AvgIpc) is 2.37. The summed E-state index contributed by atoms with van der Waals surface area (Å²) in [5.74, 6) is 0.605. The average molecular weight is 243 g/mol. The zero-order valence-corrected chi connectivity index (χ0v) is 11.0. The van der Waals surface area contributed by atoms with Gasteiger partial charge in [0.1, 0.15) is 0 Å². The van der Waals surface area contributed by atoms with Crippen LogP contribution >= 0.6 is 0 Å². The van der Waals surface area contributed by atoms with Gasteiger partial charge in [-0.3, -0.25) is 4.79 Å². The molecule has 0 aromatic heterocycles. The molecule has 4 heteroatoms. The summed E-state index contributed by atoms with van der Waals surface area (Å²) in [5.41, 5.74) is -0.109. The van der Waals surface area contributed by atoms with Crippen LogP contribution in [0.5, 0.6) is 0 Å². The van der Waals surface area contributed by atoms with E-state index in [0.717, 1.165) is 31.7 Å². The molecular weight excluding hydrogens is 218 g/mol. The van der Waals surface area contributed by atoms with E-state index in [1.54, 1.807) is 0 Å². The molecule has 1 rings (SSSR count). The van der Waals surface area contributed by atoms with Gasteiger partial charge in [0.25, 0.3) is 0 Å². The number of hydrogen-bond donors (Lipinski definition) is 2. The number of rotatable bonds is 6. The summed E-state index contributed by atoms with van der Waals surface area (Å²) in [7, 11) is 1.41. The van der Waals surface area contributed by atoms with E-state index < -0.39 is 0 Å². The van der Waals surface area contributed by atoms with Gasteiger partial charge in [-0.2, -0.15) is 0 Å². The Kier molecular flexibility index (Phi) is 5.92. The Morgan fingerprint density at radius 1 is 1.47 bits per heavy atom. The lowest BCUT2D eigenvalue weighted by molar-refractivity contribution is -0.140. The number of carbonyl (C=O) groups is 1. The monoisotopic (exact) mass is 243 g/mol. The summed E-state index contributed by atoms with van der Waals surface area (Å²) in [5, 5.41) is 13.0. The highest BCUT2D eigenvalue weighted by Gasteiger charge is 2.32. The predicted octanol–water partition coefficient (Wildman–Crippen LogP) is 1.47. The van der Waals surface area contributed by atoms with Crippen LogP contribution in [-0.4, -0.2) is 36.9 Å². The van der Waals surface area contributed by atoms with Crippen LogP contribution in [0.4, 0.5) is 0 Å². The zero-order valence-electron chi connectivity index (χ0n) is 11.0. The third-order valence-electron chi connectivity index (χ3n) is 3.82. The largest absolute Gasteiger partial charge is 0.469 e. The van der Waals surface area contributed by atoms with Gasteiger partial charge in [0, 0.05) is 12.0 Å². The highest BCUT2D eigenvalue weighted by molar-refractivity contribution is 5.69. The molecule has 0 atom stereocenters. The third kappa shape index (κ3) is 4.64. The molecule has 0 aromatic carbocycles. The maximum absolute atomic E-state index is 11.0. The Balaban J connectivity index is 2.25. The number of nitrogens with one attached hydrogen (secondary N) is 1. The Morgan fingerprint density at radius 3 is 2.65 bits per heavy atom. The summed E-state index contributed by atoms with van der Waals surface area (Å²) in [4.78, 5) is 11.0. The number of carbonyl (C=O) groups excluding carboxylic acids is 1. The van der Waals surface area contributed by atoms with Gasteiger partial charge in [0.2, 0.25) is 0 Å². The van der Waals surface area contributed by atoms with Gasteiger partial charge in [0.05, 0.1) is 13.7 Å². The van der Waals surface area contributed by atoms with E-state index in [-0.39, 0.29) is 18.1 Å². The molecule has 2 N–H and O–H groups in total. The number of aliphatic hydroxyl groups excluding tert-OH is 1. The Bertz CT molecular complexity index is 235. The lowest BCUT2D eigenvalue weighted by Gasteiger charge is -2.39. The highest BCUT2D eigenvalue weighted by Crippen LogP contribution is 2.31. The van der Waals surface area contributed by atoms with Crippen LogP contribution in [0.3, 0.4) is 0 Å². The molecule has 0 saturated heterocycles. The number of hydrogen-bond acceptors (Lipinski definition) is 4. The van der Waals surface area contributed by atoms with Crippen molar-refractivity contribution in [2.45, 2.75) is 51.0 Å². The van der Waals surface area contributed by atoms with Gasteiger partial charge >= 0.3 is 5.97 Å². The van der Waals surface area contributed by atoms with E-state index in [1.807, 2.05) is 0 Å². The second kappa shape index (κ2) is 6.97. The first-order valence-electron chi connectivity index (χ1n) is 6.54. The minimum absolute atomic E-state index is 0.109. The molecule has 17 heavy (non-hydrogen) atoms. The molecule has 1 aliphatic carbocycles. The topological polar surface area (TPSA) is 58.6 Å². The van der Waals surface area contributed by atoms with Crippen molar-refractivity contribution in [2.24, 2.45) is 5.92 Å². The van der Waals surface area contributed by atoms with Crippen LogP contribution in [0.1, 0.15) is 45.4 Å². The number of esters is 1. The van der Waals surface area contributed by atoms with Crippen LogP contribution < -0.4 is 5.32 Å². The molecule has 1 aliphatic rings. The van der Waals surface area contributed by atoms with Gasteiger partial charge in [-0.15, -0.1) is 0 Å². The second-order valence-corrected chi connectivity index (χ2v) is 5.23. The van der Waals surface area contributed by atoms with Crippen molar-refractivity contribution in [1.82, 2.24) is 5.32 Å². The summed E-state index contributed by atoms with van der Waals surface area (Å²) in [6.07, 6.45) is 5.62. The normalized spacial score (nSPS) is 29.0. The molecule has 0 spiro atoms. The smallest absolute Gasteiger partial charge is 0.305 e. The molecule has 0 aliphatic heterocycles. The van der Waals surface area contributed by atoms with Crippen molar-refractivity contribution in [3.05, 3.63) is 0 Å². The van der Waals surface area contributed by atoms with E-state index >= 15 is 0 Å². The van der Waals surface area contributed by atoms with E-state index in [1.165, 1.54) is 20.0 Å². The number of ether oxygens (including phenoxy) is 1. The molecule has 100 valence electrons. The Hall–Kier alpha value is -0.610. The first kappa shape index (κ1) is 14.5. The van der Waals surface area contributed by atoms with Gasteiger partial charge < -0.3 is 15.2 Å². The van der Waals surface area contributed by atoms with Gasteiger partial charge in [0.15, 0.2) is 0 Å². The summed E-state index contributed by atoms with van der Waals surface area (Å²) in [6.45, 7) is 3.22. The molecule has 1 saturated carbocycles. The van der Waals surface area contributed by atoms with Crippen molar-refractivity contribution in [3.63, 3.8) is 0 Å². The van der Waals surface area contributed by atoms with E-state index in [4.69, 9.17) is 0 Å². The van der Waals surface area contributed by atoms with E-state index in [9.17, 15) is 9.90 Å². The first-order chi connectivity index (χ1) is 8.12. The van der Waals surface area contributed by atoms with E-state index in [0.29, 0.717) is 6.42 Å². The maximum atomic E-state index is 11.0. The van der Waals surface area contributed by atoms with Crippen LogP contribution in [0.2, 0.25) is 0 Å². The molecule has 0 heterocycles. The molecule has 0 radical (unpaired) electrons. The van der Waals surface area contributed by atoms with Crippen LogP contribution in [0.25, 0.3) is 0 Å². The molecule has 4 nitrogen and oxygen atoms in total. The fraction of sp³-hybridized carbons (Fsp3) is 0.923. The highest BCUT2D eigenvalue weighted by atomic mass is 16.5. The number of methoxy groups -OCH3 is 1. The van der Waals surface area contributed by atoms with Crippen LogP contribution in [0.15, 0.2) is 0 Å². The summed E-state index contributed by atoms with van der Waals surface area (Å²) in [6, 6.07) is 0. The Labute approximate surface area is 104 Å². The molecule has 0 unspecified atom stereocenters.